The minimum Gasteiger partial charge on any atom is -0.350 e. The van der Waals surface area contributed by atoms with E-state index in [2.05, 4.69) is 9.80 Å². The molecule has 0 saturated carbocycles. The van der Waals surface area contributed by atoms with Gasteiger partial charge in [-0.3, -0.25) is 4.90 Å². The fourth-order valence-electron chi connectivity index (χ4n) is 4.84. The second-order valence-corrected chi connectivity index (χ2v) is 9.36. The zero-order valence-corrected chi connectivity index (χ0v) is 20.1. The summed E-state index contributed by atoms with van der Waals surface area (Å²) >= 11 is 0. The van der Waals surface area contributed by atoms with Gasteiger partial charge in [0.1, 0.15) is 5.82 Å². The molecule has 4 nitrogen and oxygen atoms in total. The van der Waals surface area contributed by atoms with Gasteiger partial charge in [0.25, 0.3) is 0 Å². The van der Waals surface area contributed by atoms with Crippen LogP contribution >= 0.6 is 0 Å². The Bertz CT molecular complexity index is 989. The van der Waals surface area contributed by atoms with Crippen molar-refractivity contribution in [3.05, 3.63) is 70.5 Å². The molecule has 2 aromatic carbocycles. The molecule has 37 heavy (non-hydrogen) atoms. The molecule has 0 radical (unpaired) electrons. The average Bonchev–Trinajstić information content (AvgIpc) is 3.36. The van der Waals surface area contributed by atoms with Crippen molar-refractivity contribution in [2.45, 2.75) is 43.9 Å². The molecular weight excluding hydrogens is 505 g/mol. The summed E-state index contributed by atoms with van der Waals surface area (Å²) in [5, 5.41) is 0. The molecule has 2 heterocycles. The molecule has 4 rings (SSSR count). The lowest BCUT2D eigenvalue weighted by atomic mass is 10.0. The maximum Gasteiger partial charge on any atom is 0.416 e. The van der Waals surface area contributed by atoms with Gasteiger partial charge in [0.05, 0.1) is 30.4 Å². The molecule has 11 heteroatoms. The molecule has 0 aromatic heterocycles. The quantitative estimate of drug-likeness (QED) is 0.393. The number of hydrogen-bond acceptors (Lipinski definition) is 4. The molecule has 2 aliphatic rings. The van der Waals surface area contributed by atoms with Gasteiger partial charge in [-0.2, -0.15) is 26.3 Å². The summed E-state index contributed by atoms with van der Waals surface area (Å²) in [7, 11) is 0. The summed E-state index contributed by atoms with van der Waals surface area (Å²) < 4.78 is 104. The van der Waals surface area contributed by atoms with Crippen LogP contribution in [0.2, 0.25) is 0 Å². The largest absolute Gasteiger partial charge is 0.416 e. The first-order valence-corrected chi connectivity index (χ1v) is 12.2. The van der Waals surface area contributed by atoms with Gasteiger partial charge in [-0.25, -0.2) is 4.39 Å². The third kappa shape index (κ3) is 7.43. The number of morpholine rings is 1. The molecule has 0 N–H and O–H groups in total. The van der Waals surface area contributed by atoms with Crippen LogP contribution in [0.5, 0.6) is 0 Å². The predicted molar refractivity (Wildman–Crippen MR) is 122 cm³/mol. The Labute approximate surface area is 210 Å². The van der Waals surface area contributed by atoms with E-state index in [0.29, 0.717) is 31.8 Å². The molecule has 2 fully saturated rings. The van der Waals surface area contributed by atoms with E-state index in [1.165, 1.54) is 12.1 Å². The number of halogens is 7. The minimum absolute atomic E-state index is 0.109. The van der Waals surface area contributed by atoms with Crippen LogP contribution in [0, 0.1) is 5.82 Å². The molecule has 0 aliphatic carbocycles. The Hall–Kier alpha value is -2.21. The molecule has 0 bridgehead atoms. The van der Waals surface area contributed by atoms with Crippen molar-refractivity contribution >= 4 is 0 Å². The Morgan fingerprint density at radius 2 is 1.46 bits per heavy atom. The summed E-state index contributed by atoms with van der Waals surface area (Å²) in [5.41, 5.74) is -2.10. The predicted octanol–water partition coefficient (Wildman–Crippen LogP) is 5.92. The molecule has 2 saturated heterocycles. The summed E-state index contributed by atoms with van der Waals surface area (Å²) in [6.45, 7) is 4.43. The molecule has 2 unspecified atom stereocenters. The maximum atomic E-state index is 13.6. The van der Waals surface area contributed by atoms with Crippen LogP contribution in [0.25, 0.3) is 0 Å². The van der Waals surface area contributed by atoms with Crippen LogP contribution in [0.3, 0.4) is 0 Å². The highest BCUT2D eigenvalue weighted by Gasteiger charge is 2.37. The SMILES string of the molecule is Fc1ccc(C2C(OCCc3cc(C(F)(F)F)cc(C(F)(F)F)c3)OCCN2CCN2CCCC2)cc1. The highest BCUT2D eigenvalue weighted by molar-refractivity contribution is 5.33. The van der Waals surface area contributed by atoms with E-state index < -0.39 is 41.6 Å². The zero-order valence-electron chi connectivity index (χ0n) is 20.1. The number of alkyl halides is 6. The van der Waals surface area contributed by atoms with Gasteiger partial charge in [-0.05, 0) is 73.8 Å². The summed E-state index contributed by atoms with van der Waals surface area (Å²) in [5.74, 6) is -0.397. The molecule has 2 atom stereocenters. The molecule has 2 aromatic rings. The summed E-state index contributed by atoms with van der Waals surface area (Å²) in [6, 6.07) is 7.07. The Morgan fingerprint density at radius 3 is 2.05 bits per heavy atom. The van der Waals surface area contributed by atoms with E-state index in [-0.39, 0.29) is 24.7 Å². The summed E-state index contributed by atoms with van der Waals surface area (Å²) in [4.78, 5) is 4.53. The van der Waals surface area contributed by atoms with Crippen molar-refractivity contribution in [1.82, 2.24) is 9.80 Å². The van der Waals surface area contributed by atoms with Gasteiger partial charge >= 0.3 is 12.4 Å². The fraction of sp³-hybridized carbons (Fsp3) is 0.538. The van der Waals surface area contributed by atoms with E-state index in [4.69, 9.17) is 9.47 Å². The van der Waals surface area contributed by atoms with Crippen LogP contribution < -0.4 is 0 Å². The van der Waals surface area contributed by atoms with Gasteiger partial charge in [-0.15, -0.1) is 0 Å². The zero-order chi connectivity index (χ0) is 26.6. The van der Waals surface area contributed by atoms with Crippen molar-refractivity contribution in [2.24, 2.45) is 0 Å². The molecule has 204 valence electrons. The van der Waals surface area contributed by atoms with E-state index in [1.54, 1.807) is 12.1 Å². The lowest BCUT2D eigenvalue weighted by Crippen LogP contribution is -2.48. The van der Waals surface area contributed by atoms with E-state index in [9.17, 15) is 30.7 Å². The smallest absolute Gasteiger partial charge is 0.350 e. The van der Waals surface area contributed by atoms with Crippen LogP contribution in [-0.2, 0) is 28.2 Å². The second-order valence-electron chi connectivity index (χ2n) is 9.36. The normalized spacial score (nSPS) is 22.0. The van der Waals surface area contributed by atoms with Crippen molar-refractivity contribution in [3.63, 3.8) is 0 Å². The van der Waals surface area contributed by atoms with Crippen molar-refractivity contribution in [2.75, 3.05) is 45.9 Å². The van der Waals surface area contributed by atoms with Crippen LogP contribution in [0.15, 0.2) is 42.5 Å². The molecule has 0 amide bonds. The number of benzene rings is 2. The third-order valence-electron chi connectivity index (χ3n) is 6.75. The number of likely N-dealkylation sites (tertiary alicyclic amines) is 1. The number of nitrogens with zero attached hydrogens (tertiary/aromatic N) is 2. The lowest BCUT2D eigenvalue weighted by Gasteiger charge is -2.41. The van der Waals surface area contributed by atoms with Crippen LogP contribution in [-0.4, -0.2) is 62.0 Å². The lowest BCUT2D eigenvalue weighted by molar-refractivity contribution is -0.210. The van der Waals surface area contributed by atoms with Crippen molar-refractivity contribution in [3.8, 4) is 0 Å². The molecule has 0 spiro atoms. The Morgan fingerprint density at radius 1 is 0.838 bits per heavy atom. The van der Waals surface area contributed by atoms with Crippen LogP contribution in [0.4, 0.5) is 30.7 Å². The fourth-order valence-corrected chi connectivity index (χ4v) is 4.84. The van der Waals surface area contributed by atoms with Crippen LogP contribution in [0.1, 0.15) is 41.1 Å². The van der Waals surface area contributed by atoms with E-state index in [1.807, 2.05) is 0 Å². The van der Waals surface area contributed by atoms with Gasteiger partial charge in [-0.1, -0.05) is 12.1 Å². The summed E-state index contributed by atoms with van der Waals surface area (Å²) in [6.07, 6.45) is -8.49. The van der Waals surface area contributed by atoms with E-state index in [0.717, 1.165) is 38.0 Å². The highest BCUT2D eigenvalue weighted by atomic mass is 19.4. The molecular formula is C26H29F7N2O2. The van der Waals surface area contributed by atoms with Gasteiger partial charge in [0.2, 0.25) is 0 Å². The molecule has 2 aliphatic heterocycles. The highest BCUT2D eigenvalue weighted by Crippen LogP contribution is 2.37. The Kier molecular flexibility index (Phi) is 8.77. The standard InChI is InChI=1S/C26H29F7N2O2/c27-22-5-3-19(4-6-22)23-24(37-14-12-35(23)11-10-34-8-1-2-9-34)36-13-7-18-15-20(25(28,29)30)17-21(16-18)26(31,32)33/h3-6,15-17,23-24H,1-2,7-14H2. The van der Waals surface area contributed by atoms with E-state index >= 15 is 0 Å². The maximum absolute atomic E-state index is 13.6. The van der Waals surface area contributed by atoms with Crippen molar-refractivity contribution in [1.29, 1.82) is 0 Å². The second kappa shape index (κ2) is 11.7. The first-order chi connectivity index (χ1) is 17.5. The number of rotatable bonds is 8. The Balaban J connectivity index is 1.48. The topological polar surface area (TPSA) is 24.9 Å². The number of hydrogen-bond donors (Lipinski definition) is 0. The van der Waals surface area contributed by atoms with Gasteiger partial charge in [0, 0.05) is 19.6 Å². The minimum atomic E-state index is -4.91. The van der Waals surface area contributed by atoms with Gasteiger partial charge in [0.15, 0.2) is 6.29 Å². The average molecular weight is 535 g/mol. The first-order valence-electron chi connectivity index (χ1n) is 12.2. The first kappa shape index (κ1) is 27.8. The van der Waals surface area contributed by atoms with Gasteiger partial charge < -0.3 is 14.4 Å². The van der Waals surface area contributed by atoms with Crippen molar-refractivity contribution < 1.29 is 40.2 Å². The monoisotopic (exact) mass is 534 g/mol. The third-order valence-corrected chi connectivity index (χ3v) is 6.75. The number of ether oxygens (including phenoxy) is 2.